The number of likely N-dealkylation sites (tertiary alicyclic amines) is 1. The summed E-state index contributed by atoms with van der Waals surface area (Å²) in [7, 11) is 0. The summed E-state index contributed by atoms with van der Waals surface area (Å²) in [6.45, 7) is 11.9. The first-order chi connectivity index (χ1) is 17.4. The molecule has 1 unspecified atom stereocenters. The maximum absolute atomic E-state index is 14.5. The molecule has 0 aromatic carbocycles. The van der Waals surface area contributed by atoms with E-state index in [2.05, 4.69) is 34.6 Å². The number of carbonyl (C=O) groups is 3. The summed E-state index contributed by atoms with van der Waals surface area (Å²) in [6.07, 6.45) is 11.5. The zero-order valence-electron chi connectivity index (χ0n) is 23.1. The monoisotopic (exact) mass is 516 g/mol. The minimum absolute atomic E-state index is 0.00175. The molecule has 2 saturated heterocycles. The van der Waals surface area contributed by atoms with Gasteiger partial charge in [-0.05, 0) is 44.9 Å². The van der Waals surface area contributed by atoms with Crippen molar-refractivity contribution in [1.29, 1.82) is 0 Å². The molecule has 4 aliphatic heterocycles. The first kappa shape index (κ1) is 27.8. The lowest BCUT2D eigenvalue weighted by Crippen LogP contribution is -2.59. The number of unbranched alkanes of at least 4 members (excludes halogenated alkanes) is 3. The number of carbonyl (C=O) groups excluding carboxylic acids is 3. The van der Waals surface area contributed by atoms with Crippen LogP contribution >= 0.6 is 0 Å². The van der Waals surface area contributed by atoms with Crippen molar-refractivity contribution in [3.63, 3.8) is 0 Å². The van der Waals surface area contributed by atoms with E-state index in [0.29, 0.717) is 32.4 Å². The molecule has 4 rings (SSSR count). The molecular weight excluding hydrogens is 472 g/mol. The molecule has 4 aliphatic rings. The molecule has 0 bridgehead atoms. The van der Waals surface area contributed by atoms with Crippen LogP contribution in [0.15, 0.2) is 24.3 Å². The lowest BCUT2D eigenvalue weighted by Gasteiger charge is -2.44. The van der Waals surface area contributed by atoms with Gasteiger partial charge in [0.15, 0.2) is 0 Å². The minimum Gasteiger partial charge on any atom is -0.465 e. The van der Waals surface area contributed by atoms with Crippen molar-refractivity contribution in [1.82, 2.24) is 9.80 Å². The van der Waals surface area contributed by atoms with Crippen molar-refractivity contribution in [3.8, 4) is 0 Å². The smallest absolute Gasteiger partial charge is 0.312 e. The number of nitrogens with zero attached hydrogens (tertiary/aromatic N) is 2. The number of fused-ring (bicyclic) bond motifs is 2. The molecule has 8 heteroatoms. The van der Waals surface area contributed by atoms with Gasteiger partial charge in [-0.1, -0.05) is 57.9 Å². The highest BCUT2D eigenvalue weighted by Crippen LogP contribution is 2.53. The van der Waals surface area contributed by atoms with Crippen LogP contribution in [0.4, 0.5) is 0 Å². The highest BCUT2D eigenvalue weighted by molar-refractivity contribution is 5.99. The molecular formula is C29H44N2O6. The Kier molecular flexibility index (Phi) is 7.92. The second kappa shape index (κ2) is 10.5. The van der Waals surface area contributed by atoms with Crippen molar-refractivity contribution >= 4 is 17.8 Å². The van der Waals surface area contributed by atoms with Crippen LogP contribution in [0.25, 0.3) is 0 Å². The molecule has 37 heavy (non-hydrogen) atoms. The molecule has 2 amide bonds. The van der Waals surface area contributed by atoms with Crippen LogP contribution in [0.3, 0.4) is 0 Å². The van der Waals surface area contributed by atoms with Gasteiger partial charge in [0, 0.05) is 25.2 Å². The van der Waals surface area contributed by atoms with Crippen LogP contribution in [0.1, 0.15) is 73.1 Å². The SMILES string of the molecule is CC(C)(C)CC(C)(C)N1CC=C[C@]23O[C@@H]4C=CCCOC(=O)[C@@H]4[C@H]2C(=O)N(CCCCCCO)C3C1=O. The molecule has 1 spiro atoms. The number of amides is 2. The van der Waals surface area contributed by atoms with Gasteiger partial charge in [-0.3, -0.25) is 14.4 Å². The van der Waals surface area contributed by atoms with E-state index in [1.807, 2.05) is 29.2 Å². The summed E-state index contributed by atoms with van der Waals surface area (Å²) in [6, 6.07) is -0.838. The van der Waals surface area contributed by atoms with Crippen molar-refractivity contribution in [3.05, 3.63) is 24.3 Å². The van der Waals surface area contributed by atoms with Gasteiger partial charge in [-0.2, -0.15) is 0 Å². The zero-order chi connectivity index (χ0) is 27.0. The highest BCUT2D eigenvalue weighted by Gasteiger charge is 2.72. The van der Waals surface area contributed by atoms with Gasteiger partial charge in [-0.25, -0.2) is 0 Å². The number of aliphatic hydroxyl groups is 1. The Morgan fingerprint density at radius 2 is 1.76 bits per heavy atom. The Bertz CT molecular complexity index is 951. The summed E-state index contributed by atoms with van der Waals surface area (Å²) >= 11 is 0. The maximum Gasteiger partial charge on any atom is 0.312 e. The number of aliphatic hydroxyl groups excluding tert-OH is 1. The van der Waals surface area contributed by atoms with E-state index in [4.69, 9.17) is 14.6 Å². The Hall–Kier alpha value is -2.19. The fourth-order valence-electron chi connectivity index (χ4n) is 7.03. The fraction of sp³-hybridized carbons (Fsp3) is 0.759. The van der Waals surface area contributed by atoms with Crippen molar-refractivity contribution in [2.75, 3.05) is 26.3 Å². The van der Waals surface area contributed by atoms with Crippen LogP contribution in [0.2, 0.25) is 0 Å². The Morgan fingerprint density at radius 3 is 2.46 bits per heavy atom. The number of hydrogen-bond acceptors (Lipinski definition) is 6. The number of rotatable bonds is 8. The zero-order valence-corrected chi connectivity index (χ0v) is 23.1. The Morgan fingerprint density at radius 1 is 1.03 bits per heavy atom. The molecule has 206 valence electrons. The standard InChI is InChI=1S/C29H44N2O6/c1-27(2,3)19-28(4,5)31-16-12-14-29-22(21-20(37-29)13-8-11-18-36-26(21)35)24(33)30(23(29)25(31)34)15-9-6-7-10-17-32/h8,12-14,20-23,32H,6-7,9-11,15-19H2,1-5H3/t20-,21+,22+,23?,29+/m1/s1. The molecule has 0 aromatic rings. The van der Waals surface area contributed by atoms with Crippen LogP contribution in [0.5, 0.6) is 0 Å². The largest absolute Gasteiger partial charge is 0.465 e. The van der Waals surface area contributed by atoms with Crippen LogP contribution in [0, 0.1) is 17.3 Å². The van der Waals surface area contributed by atoms with E-state index < -0.39 is 41.1 Å². The van der Waals surface area contributed by atoms with E-state index in [1.165, 1.54) is 0 Å². The lowest BCUT2D eigenvalue weighted by atomic mass is 9.77. The lowest BCUT2D eigenvalue weighted by molar-refractivity contribution is -0.156. The summed E-state index contributed by atoms with van der Waals surface area (Å²) in [5.74, 6) is -2.35. The summed E-state index contributed by atoms with van der Waals surface area (Å²) in [4.78, 5) is 45.2. The van der Waals surface area contributed by atoms with Gasteiger partial charge in [-0.15, -0.1) is 0 Å². The third-order valence-corrected chi connectivity index (χ3v) is 8.12. The second-order valence-electron chi connectivity index (χ2n) is 12.8. The molecule has 8 nitrogen and oxygen atoms in total. The fourth-order valence-corrected chi connectivity index (χ4v) is 7.03. The third kappa shape index (κ3) is 5.24. The van der Waals surface area contributed by atoms with Crippen LogP contribution in [-0.4, -0.2) is 82.3 Å². The number of hydrogen-bond donors (Lipinski definition) is 1. The van der Waals surface area contributed by atoms with E-state index in [9.17, 15) is 14.4 Å². The van der Waals surface area contributed by atoms with Crippen molar-refractivity contribution in [2.45, 2.75) is 96.4 Å². The Balaban J connectivity index is 1.73. The molecule has 0 radical (unpaired) electrons. The second-order valence-corrected chi connectivity index (χ2v) is 12.8. The minimum atomic E-state index is -1.21. The van der Waals surface area contributed by atoms with Crippen molar-refractivity contribution < 1.29 is 29.0 Å². The molecule has 0 aliphatic carbocycles. The van der Waals surface area contributed by atoms with Crippen LogP contribution < -0.4 is 0 Å². The van der Waals surface area contributed by atoms with E-state index >= 15 is 0 Å². The first-order valence-corrected chi connectivity index (χ1v) is 13.8. The van der Waals surface area contributed by atoms with E-state index in [1.54, 1.807) is 4.90 Å². The average Bonchev–Trinajstić information content (AvgIpc) is 3.15. The normalized spacial score (nSPS) is 32.0. The molecule has 2 fully saturated rings. The summed E-state index contributed by atoms with van der Waals surface area (Å²) < 4.78 is 12.1. The molecule has 1 N–H and O–H groups in total. The molecule has 5 atom stereocenters. The molecule has 4 heterocycles. The predicted molar refractivity (Wildman–Crippen MR) is 139 cm³/mol. The third-order valence-electron chi connectivity index (χ3n) is 8.12. The highest BCUT2D eigenvalue weighted by atomic mass is 16.6. The number of esters is 1. The number of ether oxygens (including phenoxy) is 2. The first-order valence-electron chi connectivity index (χ1n) is 13.8. The summed E-state index contributed by atoms with van der Waals surface area (Å²) in [5, 5.41) is 9.12. The van der Waals surface area contributed by atoms with Gasteiger partial charge in [0.05, 0.1) is 18.6 Å². The predicted octanol–water partition coefficient (Wildman–Crippen LogP) is 3.24. The molecule has 0 saturated carbocycles. The molecule has 0 aromatic heterocycles. The summed E-state index contributed by atoms with van der Waals surface area (Å²) in [5.41, 5.74) is -1.66. The Labute approximate surface area is 221 Å². The van der Waals surface area contributed by atoms with Gasteiger partial charge in [0.25, 0.3) is 0 Å². The van der Waals surface area contributed by atoms with Crippen molar-refractivity contribution in [2.24, 2.45) is 17.3 Å². The van der Waals surface area contributed by atoms with E-state index in [0.717, 1.165) is 19.3 Å². The maximum atomic E-state index is 14.5. The topological polar surface area (TPSA) is 96.4 Å². The quantitative estimate of drug-likeness (QED) is 0.302. The van der Waals surface area contributed by atoms with E-state index in [-0.39, 0.29) is 30.4 Å². The number of cyclic esters (lactones) is 1. The van der Waals surface area contributed by atoms with Gasteiger partial charge >= 0.3 is 5.97 Å². The van der Waals surface area contributed by atoms with Gasteiger partial charge in [0.1, 0.15) is 17.6 Å². The average molecular weight is 517 g/mol. The van der Waals surface area contributed by atoms with Gasteiger partial charge in [0.2, 0.25) is 11.8 Å². The van der Waals surface area contributed by atoms with Crippen LogP contribution in [-0.2, 0) is 23.9 Å². The van der Waals surface area contributed by atoms with Gasteiger partial charge < -0.3 is 24.4 Å².